The smallest absolute Gasteiger partial charge is 0.161 e. The van der Waals surface area contributed by atoms with Gasteiger partial charge in [0, 0.05) is 48.6 Å². The first-order valence-electron chi connectivity index (χ1n) is 7.90. The van der Waals surface area contributed by atoms with Gasteiger partial charge in [-0.1, -0.05) is 24.3 Å². The van der Waals surface area contributed by atoms with Gasteiger partial charge in [0.1, 0.15) is 0 Å². The van der Waals surface area contributed by atoms with E-state index in [2.05, 4.69) is 41.5 Å². The zero-order chi connectivity index (χ0) is 15.6. The number of benzene rings is 1. The molecule has 23 heavy (non-hydrogen) atoms. The molecule has 0 fully saturated rings. The molecular formula is C19H18N4. The molecule has 0 saturated carbocycles. The molecule has 0 unspecified atom stereocenters. The van der Waals surface area contributed by atoms with Crippen LogP contribution in [0, 0.1) is 6.92 Å². The Kier molecular flexibility index (Phi) is 3.60. The Hall–Kier alpha value is -2.59. The average molecular weight is 302 g/mol. The molecule has 4 heteroatoms. The number of hydrogen-bond donors (Lipinski definition) is 1. The quantitative estimate of drug-likeness (QED) is 0.790. The molecule has 0 radical (unpaired) electrons. The van der Waals surface area contributed by atoms with Crippen LogP contribution >= 0.6 is 0 Å². The van der Waals surface area contributed by atoms with Gasteiger partial charge < -0.3 is 5.32 Å². The molecule has 0 saturated heterocycles. The lowest BCUT2D eigenvalue weighted by Crippen LogP contribution is -2.26. The molecule has 0 spiro atoms. The summed E-state index contributed by atoms with van der Waals surface area (Å²) in [5.74, 6) is 0.761. The number of fused-ring (bicyclic) bond motifs is 1. The maximum Gasteiger partial charge on any atom is 0.161 e. The number of rotatable bonds is 2. The second-order valence-electron chi connectivity index (χ2n) is 5.80. The van der Waals surface area contributed by atoms with Crippen molar-refractivity contribution in [2.45, 2.75) is 19.9 Å². The molecule has 0 amide bonds. The monoisotopic (exact) mass is 302 g/mol. The summed E-state index contributed by atoms with van der Waals surface area (Å²) in [6.07, 6.45) is 4.53. The summed E-state index contributed by atoms with van der Waals surface area (Å²) < 4.78 is 0. The fraction of sp³-hybridized carbons (Fsp3) is 0.211. The van der Waals surface area contributed by atoms with Crippen LogP contribution in [0.2, 0.25) is 0 Å². The number of aryl methyl sites for hydroxylation is 1. The third-order valence-electron chi connectivity index (χ3n) is 4.25. The number of pyridine rings is 1. The molecule has 1 aromatic carbocycles. The summed E-state index contributed by atoms with van der Waals surface area (Å²) in [5.41, 5.74) is 6.79. The van der Waals surface area contributed by atoms with Gasteiger partial charge in [0.2, 0.25) is 0 Å². The standard InChI is InChI=1S/C19H18N4/c1-13-5-2-3-7-15(13)18-16-12-21-10-8-17(16)22-19(23-18)14-6-4-9-20-11-14/h2-7,9,11,21H,8,10,12H2,1H3. The van der Waals surface area contributed by atoms with E-state index in [-0.39, 0.29) is 0 Å². The molecule has 1 N–H and O–H groups in total. The SMILES string of the molecule is Cc1ccccc1-c1nc(-c2cccnc2)nc2c1CNCC2. The summed E-state index contributed by atoms with van der Waals surface area (Å²) in [4.78, 5) is 13.9. The predicted octanol–water partition coefficient (Wildman–Crippen LogP) is 3.16. The molecule has 0 bridgehead atoms. The maximum absolute atomic E-state index is 4.90. The van der Waals surface area contributed by atoms with Crippen molar-refractivity contribution in [1.29, 1.82) is 0 Å². The Morgan fingerprint density at radius 3 is 2.78 bits per heavy atom. The van der Waals surface area contributed by atoms with Gasteiger partial charge in [-0.25, -0.2) is 9.97 Å². The second-order valence-corrected chi connectivity index (χ2v) is 5.80. The third kappa shape index (κ3) is 2.62. The molecular weight excluding hydrogens is 284 g/mol. The average Bonchev–Trinajstić information content (AvgIpc) is 2.62. The van der Waals surface area contributed by atoms with Crippen molar-refractivity contribution in [1.82, 2.24) is 20.3 Å². The van der Waals surface area contributed by atoms with Crippen LogP contribution in [0.4, 0.5) is 0 Å². The minimum absolute atomic E-state index is 0.761. The molecule has 2 aromatic heterocycles. The van der Waals surface area contributed by atoms with Crippen LogP contribution in [0.15, 0.2) is 48.8 Å². The highest BCUT2D eigenvalue weighted by Gasteiger charge is 2.20. The molecule has 0 atom stereocenters. The van der Waals surface area contributed by atoms with Crippen LogP contribution in [0.25, 0.3) is 22.6 Å². The van der Waals surface area contributed by atoms with Gasteiger partial charge >= 0.3 is 0 Å². The lowest BCUT2D eigenvalue weighted by molar-refractivity contribution is 0.628. The van der Waals surface area contributed by atoms with E-state index in [4.69, 9.17) is 9.97 Å². The minimum Gasteiger partial charge on any atom is -0.312 e. The third-order valence-corrected chi connectivity index (χ3v) is 4.25. The van der Waals surface area contributed by atoms with E-state index in [1.165, 1.54) is 16.7 Å². The largest absolute Gasteiger partial charge is 0.312 e. The molecule has 4 nitrogen and oxygen atoms in total. The Morgan fingerprint density at radius 2 is 1.96 bits per heavy atom. The van der Waals surface area contributed by atoms with Crippen molar-refractivity contribution in [3.8, 4) is 22.6 Å². The second kappa shape index (κ2) is 5.89. The summed E-state index contributed by atoms with van der Waals surface area (Å²) in [6.45, 7) is 3.92. The first-order chi connectivity index (χ1) is 11.3. The fourth-order valence-electron chi connectivity index (χ4n) is 3.03. The van der Waals surface area contributed by atoms with Gasteiger partial charge in [-0.2, -0.15) is 0 Å². The number of nitrogens with one attached hydrogen (secondary N) is 1. The van der Waals surface area contributed by atoms with E-state index in [9.17, 15) is 0 Å². The first-order valence-corrected chi connectivity index (χ1v) is 7.90. The van der Waals surface area contributed by atoms with Gasteiger partial charge in [0.25, 0.3) is 0 Å². The van der Waals surface area contributed by atoms with Gasteiger partial charge in [-0.15, -0.1) is 0 Å². The Bertz CT molecular complexity index is 843. The van der Waals surface area contributed by atoms with Gasteiger partial charge in [-0.05, 0) is 24.6 Å². The van der Waals surface area contributed by atoms with Crippen molar-refractivity contribution < 1.29 is 0 Å². The van der Waals surface area contributed by atoms with Crippen LogP contribution in [-0.4, -0.2) is 21.5 Å². The Balaban J connectivity index is 1.95. The molecule has 1 aliphatic heterocycles. The highest BCUT2D eigenvalue weighted by atomic mass is 15.0. The van der Waals surface area contributed by atoms with E-state index in [1.54, 1.807) is 6.20 Å². The van der Waals surface area contributed by atoms with E-state index >= 15 is 0 Å². The van der Waals surface area contributed by atoms with Gasteiger partial charge in [0.05, 0.1) is 11.4 Å². The summed E-state index contributed by atoms with van der Waals surface area (Å²) in [6, 6.07) is 12.3. The fourth-order valence-corrected chi connectivity index (χ4v) is 3.03. The number of hydrogen-bond acceptors (Lipinski definition) is 4. The molecule has 1 aliphatic rings. The normalized spacial score (nSPS) is 13.6. The van der Waals surface area contributed by atoms with E-state index in [0.717, 1.165) is 42.3 Å². The topological polar surface area (TPSA) is 50.7 Å². The van der Waals surface area contributed by atoms with Crippen molar-refractivity contribution >= 4 is 0 Å². The molecule has 114 valence electrons. The first kappa shape index (κ1) is 14.0. The van der Waals surface area contributed by atoms with E-state index < -0.39 is 0 Å². The molecule has 3 heterocycles. The molecule has 0 aliphatic carbocycles. The molecule has 3 aromatic rings. The highest BCUT2D eigenvalue weighted by Crippen LogP contribution is 2.30. The predicted molar refractivity (Wildman–Crippen MR) is 90.8 cm³/mol. The van der Waals surface area contributed by atoms with Gasteiger partial charge in [-0.3, -0.25) is 4.98 Å². The summed E-state index contributed by atoms with van der Waals surface area (Å²) in [7, 11) is 0. The Labute approximate surface area is 135 Å². The summed E-state index contributed by atoms with van der Waals surface area (Å²) >= 11 is 0. The van der Waals surface area contributed by atoms with E-state index in [1.807, 2.05) is 18.3 Å². The van der Waals surface area contributed by atoms with Crippen LogP contribution in [0.1, 0.15) is 16.8 Å². The van der Waals surface area contributed by atoms with Crippen LogP contribution in [-0.2, 0) is 13.0 Å². The van der Waals surface area contributed by atoms with E-state index in [0.29, 0.717) is 0 Å². The van der Waals surface area contributed by atoms with Crippen molar-refractivity contribution in [3.05, 3.63) is 65.6 Å². The maximum atomic E-state index is 4.90. The lowest BCUT2D eigenvalue weighted by Gasteiger charge is -2.21. The van der Waals surface area contributed by atoms with Crippen molar-refractivity contribution in [2.75, 3.05) is 6.54 Å². The van der Waals surface area contributed by atoms with Crippen LogP contribution < -0.4 is 5.32 Å². The highest BCUT2D eigenvalue weighted by molar-refractivity contribution is 5.70. The molecule has 4 rings (SSSR count). The number of nitrogens with zero attached hydrogens (tertiary/aromatic N) is 3. The van der Waals surface area contributed by atoms with Crippen LogP contribution in [0.5, 0.6) is 0 Å². The number of aromatic nitrogens is 3. The zero-order valence-corrected chi connectivity index (χ0v) is 13.1. The lowest BCUT2D eigenvalue weighted by atomic mass is 9.97. The minimum atomic E-state index is 0.761. The zero-order valence-electron chi connectivity index (χ0n) is 13.1. The van der Waals surface area contributed by atoms with Crippen molar-refractivity contribution in [2.24, 2.45) is 0 Å². The summed E-state index contributed by atoms with van der Waals surface area (Å²) in [5, 5.41) is 3.44. The van der Waals surface area contributed by atoms with Gasteiger partial charge in [0.15, 0.2) is 5.82 Å². The van der Waals surface area contributed by atoms with Crippen molar-refractivity contribution in [3.63, 3.8) is 0 Å². The van der Waals surface area contributed by atoms with Crippen LogP contribution in [0.3, 0.4) is 0 Å². The Morgan fingerprint density at radius 1 is 1.04 bits per heavy atom.